The summed E-state index contributed by atoms with van der Waals surface area (Å²) in [5.41, 5.74) is -3.04. The molecule has 0 aromatic heterocycles. The van der Waals surface area contributed by atoms with Gasteiger partial charge in [-0.05, 0) is 314 Å². The van der Waals surface area contributed by atoms with Gasteiger partial charge in [-0.15, -0.1) is 0 Å². The summed E-state index contributed by atoms with van der Waals surface area (Å²) in [6, 6.07) is 0. The quantitative estimate of drug-likeness (QED) is 0.0747. The van der Waals surface area contributed by atoms with E-state index in [4.69, 9.17) is 28.4 Å². The lowest BCUT2D eigenvalue weighted by Gasteiger charge is -2.42. The fourth-order valence-corrected chi connectivity index (χ4v) is 12.5. The second kappa shape index (κ2) is 38.3. The van der Waals surface area contributed by atoms with E-state index in [-0.39, 0.29) is 102 Å². The number of carbonyl (C=O) groups excluding carboxylic acids is 6. The van der Waals surface area contributed by atoms with Crippen LogP contribution in [0.2, 0.25) is 0 Å². The highest BCUT2D eigenvalue weighted by atomic mass is 16.6. The average Bonchev–Trinajstić information content (AvgIpc) is 1.77. The van der Waals surface area contributed by atoms with Crippen molar-refractivity contribution in [3.8, 4) is 0 Å². The van der Waals surface area contributed by atoms with E-state index in [1.807, 2.05) is 125 Å². The largest absolute Gasteiger partial charge is 0.459 e. The van der Waals surface area contributed by atoms with Crippen LogP contribution in [-0.2, 0) is 57.2 Å². The minimum absolute atomic E-state index is 0.0150. The molecule has 546 valence electrons. The maximum Gasteiger partial charge on any atom is 0.312 e. The molecule has 6 rings (SSSR count). The smallest absolute Gasteiger partial charge is 0.312 e. The Balaban J connectivity index is 0.000000559. The Labute approximate surface area is 573 Å². The third kappa shape index (κ3) is 27.6. The van der Waals surface area contributed by atoms with Crippen molar-refractivity contribution in [2.45, 2.75) is 438 Å². The van der Waals surface area contributed by atoms with Gasteiger partial charge in [-0.2, -0.15) is 0 Å². The van der Waals surface area contributed by atoms with Crippen molar-refractivity contribution in [2.75, 3.05) is 0 Å². The molecule has 0 radical (unpaired) electrons. The molecule has 0 N–H and O–H groups in total. The summed E-state index contributed by atoms with van der Waals surface area (Å²) in [5.74, 6) is 0.693. The Morgan fingerprint density at radius 1 is 0.269 bits per heavy atom. The summed E-state index contributed by atoms with van der Waals surface area (Å²) in [5, 5.41) is 0. The molecule has 12 nitrogen and oxygen atoms in total. The van der Waals surface area contributed by atoms with Gasteiger partial charge in [-0.1, -0.05) is 102 Å². The first-order chi connectivity index (χ1) is 42.9. The van der Waals surface area contributed by atoms with E-state index in [9.17, 15) is 28.8 Å². The number of hydrogen-bond acceptors (Lipinski definition) is 12. The topological polar surface area (TPSA) is 158 Å². The molecule has 0 spiro atoms. The van der Waals surface area contributed by atoms with Gasteiger partial charge in [0, 0.05) is 0 Å². The Bertz CT molecular complexity index is 2210. The third-order valence-electron chi connectivity index (χ3n) is 23.9. The molecule has 93 heavy (non-hydrogen) atoms. The monoisotopic (exact) mass is 1320 g/mol. The zero-order valence-corrected chi connectivity index (χ0v) is 65.8. The van der Waals surface area contributed by atoms with E-state index < -0.39 is 0 Å². The fourth-order valence-electron chi connectivity index (χ4n) is 12.5. The van der Waals surface area contributed by atoms with Crippen molar-refractivity contribution in [1.82, 2.24) is 0 Å². The van der Waals surface area contributed by atoms with E-state index in [0.29, 0.717) is 11.8 Å². The summed E-state index contributed by atoms with van der Waals surface area (Å²) in [7, 11) is 0. The van der Waals surface area contributed by atoms with Gasteiger partial charge < -0.3 is 28.4 Å². The lowest BCUT2D eigenvalue weighted by Crippen LogP contribution is -2.45. The highest BCUT2D eigenvalue weighted by Crippen LogP contribution is 2.44. The average molecular weight is 1320 g/mol. The molecular weight excluding hydrogens is 1160 g/mol. The van der Waals surface area contributed by atoms with Crippen LogP contribution < -0.4 is 0 Å². The van der Waals surface area contributed by atoms with Crippen molar-refractivity contribution in [1.29, 1.82) is 0 Å². The second-order valence-electron chi connectivity index (χ2n) is 34.5. The normalized spacial score (nSPS) is 20.5. The van der Waals surface area contributed by atoms with Crippen molar-refractivity contribution >= 4 is 35.8 Å². The Morgan fingerprint density at radius 3 is 0.656 bits per heavy atom. The molecule has 6 aliphatic carbocycles. The summed E-state index contributed by atoms with van der Waals surface area (Å²) in [6.45, 7) is 52.9. The van der Waals surface area contributed by atoms with Gasteiger partial charge in [0.1, 0.15) is 33.6 Å². The minimum Gasteiger partial charge on any atom is -0.459 e. The van der Waals surface area contributed by atoms with Gasteiger partial charge in [0.25, 0.3) is 0 Å². The standard InChI is InChI=1S/C15H28O2.2C14H26O2.2C13H24O2.C12H22O2/c1-6-14(4,5)13(16)17-15(12(2)3)10-8-7-9-11-15;1-6-13(4,5)12(15)16-14(11(2)3)9-7-8-10-14;1-5-13(3,4)12(15)16-14(6-2)10-8-7-9-11-14;1-5-12(2,3)11(14)15-13(4)9-7-6-8-10-13;1-5-12(3,4)11(14)15-13(6-2)9-7-8-10-13;1-5-11(2,3)10(13)14-12(4)8-6-7-9-12/h12H,6-11H2,1-5H3;11H,6-10H2,1-5H3;5-11H2,1-4H3;2*5-10H2,1-4H3;5-9H2,1-4H3. The predicted octanol–water partition coefficient (Wildman–Crippen LogP) is 23.0. The molecule has 6 saturated carbocycles. The van der Waals surface area contributed by atoms with Crippen LogP contribution in [0.15, 0.2) is 0 Å². The van der Waals surface area contributed by atoms with Crippen LogP contribution in [0.5, 0.6) is 0 Å². The summed E-state index contributed by atoms with van der Waals surface area (Å²) < 4.78 is 34.8. The van der Waals surface area contributed by atoms with Crippen molar-refractivity contribution in [3.05, 3.63) is 0 Å². The summed E-state index contributed by atoms with van der Waals surface area (Å²) >= 11 is 0. The Hall–Kier alpha value is -3.18. The molecule has 0 aromatic carbocycles. The van der Waals surface area contributed by atoms with Crippen LogP contribution in [0, 0.1) is 44.3 Å². The Kier molecular flexibility index (Phi) is 36.1. The van der Waals surface area contributed by atoms with Gasteiger partial charge >= 0.3 is 35.8 Å². The molecular formula is C81H150O12. The first kappa shape index (κ1) is 87.8. The number of ether oxygens (including phenoxy) is 6. The molecule has 0 amide bonds. The van der Waals surface area contributed by atoms with Crippen LogP contribution in [0.3, 0.4) is 0 Å². The first-order valence-corrected chi connectivity index (χ1v) is 38.3. The molecule has 0 aliphatic heterocycles. The molecule has 0 unspecified atom stereocenters. The number of carbonyl (C=O) groups is 6. The molecule has 0 heterocycles. The number of esters is 6. The van der Waals surface area contributed by atoms with Gasteiger partial charge in [0.15, 0.2) is 0 Å². The second-order valence-corrected chi connectivity index (χ2v) is 34.5. The van der Waals surface area contributed by atoms with Gasteiger partial charge in [0.2, 0.25) is 0 Å². The SMILES string of the molecule is CCC(C)(C)C(=O)OC1(C(C)C)CCCC1.CCC(C)(C)C(=O)OC1(C(C)C)CCCCC1.CCC(C)(C)C(=O)OC1(C)CCCC1.CCC(C)(C)C(=O)OC1(C)CCCCC1.CCC1(OC(=O)C(C)(C)CC)CCCC1.CCC1(OC(=O)C(C)(C)CC)CCCCC1. The van der Waals surface area contributed by atoms with Gasteiger partial charge in [-0.3, -0.25) is 28.8 Å². The molecule has 6 aliphatic rings. The third-order valence-corrected chi connectivity index (χ3v) is 23.9. The van der Waals surface area contributed by atoms with E-state index in [0.717, 1.165) is 128 Å². The van der Waals surface area contributed by atoms with Gasteiger partial charge in [-0.25, -0.2) is 0 Å². The molecule has 12 heteroatoms. The molecule has 0 saturated heterocycles. The van der Waals surface area contributed by atoms with Crippen molar-refractivity contribution < 1.29 is 57.2 Å². The van der Waals surface area contributed by atoms with Crippen molar-refractivity contribution in [3.63, 3.8) is 0 Å². The number of rotatable bonds is 22. The van der Waals surface area contributed by atoms with Crippen LogP contribution >= 0.6 is 0 Å². The zero-order chi connectivity index (χ0) is 71.6. The molecule has 0 aromatic rings. The van der Waals surface area contributed by atoms with Crippen LogP contribution in [0.4, 0.5) is 0 Å². The fraction of sp³-hybridized carbons (Fsp3) is 0.926. The van der Waals surface area contributed by atoms with E-state index in [1.165, 1.54) is 96.3 Å². The predicted molar refractivity (Wildman–Crippen MR) is 384 cm³/mol. The maximum atomic E-state index is 12.3. The molecule has 0 atom stereocenters. The van der Waals surface area contributed by atoms with Crippen LogP contribution in [0.1, 0.15) is 405 Å². The van der Waals surface area contributed by atoms with E-state index in [2.05, 4.69) is 55.4 Å². The highest BCUT2D eigenvalue weighted by molar-refractivity contribution is 5.78. The highest BCUT2D eigenvalue weighted by Gasteiger charge is 2.46. The van der Waals surface area contributed by atoms with E-state index >= 15 is 0 Å². The zero-order valence-electron chi connectivity index (χ0n) is 65.8. The van der Waals surface area contributed by atoms with Crippen LogP contribution in [0.25, 0.3) is 0 Å². The minimum atomic E-state index is -0.348. The molecule has 0 bridgehead atoms. The number of hydrogen-bond donors (Lipinski definition) is 0. The maximum absolute atomic E-state index is 12.3. The lowest BCUT2D eigenvalue weighted by atomic mass is 9.76. The first-order valence-electron chi connectivity index (χ1n) is 38.3. The Morgan fingerprint density at radius 2 is 0.441 bits per heavy atom. The van der Waals surface area contributed by atoms with Gasteiger partial charge in [0.05, 0.1) is 32.5 Å². The molecule has 6 fully saturated rings. The van der Waals surface area contributed by atoms with E-state index in [1.54, 1.807) is 0 Å². The lowest BCUT2D eigenvalue weighted by molar-refractivity contribution is -0.180. The van der Waals surface area contributed by atoms with Crippen LogP contribution in [-0.4, -0.2) is 69.4 Å². The van der Waals surface area contributed by atoms with Crippen molar-refractivity contribution in [2.24, 2.45) is 44.3 Å². The summed E-state index contributed by atoms with van der Waals surface area (Å²) in [4.78, 5) is 72.3. The summed E-state index contributed by atoms with van der Waals surface area (Å²) in [6.07, 6.45) is 37.6.